The molecule has 8 heteroatoms. The zero-order valence-electron chi connectivity index (χ0n) is 9.92. The van der Waals surface area contributed by atoms with E-state index >= 15 is 0 Å². The van der Waals surface area contributed by atoms with Gasteiger partial charge in [0.15, 0.2) is 0 Å². The molecule has 0 saturated carbocycles. The number of sulfonamides is 1. The van der Waals surface area contributed by atoms with Crippen LogP contribution in [0.3, 0.4) is 0 Å². The number of anilines is 1. The van der Waals surface area contributed by atoms with Crippen LogP contribution in [0.5, 0.6) is 0 Å². The first-order valence-electron chi connectivity index (χ1n) is 5.27. The van der Waals surface area contributed by atoms with Crippen molar-refractivity contribution in [3.63, 3.8) is 0 Å². The molecule has 0 radical (unpaired) electrons. The fourth-order valence-corrected chi connectivity index (χ4v) is 2.31. The van der Waals surface area contributed by atoms with Gasteiger partial charge in [0.1, 0.15) is 4.90 Å². The van der Waals surface area contributed by atoms with Crippen LogP contribution in [-0.2, 0) is 10.0 Å². The Kier molecular flexibility index (Phi) is 4.79. The third-order valence-corrected chi connectivity index (χ3v) is 4.10. The highest BCUT2D eigenvalue weighted by atomic mass is 32.2. The molecule has 0 aliphatic carbocycles. The van der Waals surface area contributed by atoms with Gasteiger partial charge in [0, 0.05) is 13.6 Å². The molecule has 0 saturated heterocycles. The molecule has 0 bridgehead atoms. The van der Waals surface area contributed by atoms with E-state index in [1.807, 2.05) is 6.92 Å². The van der Waals surface area contributed by atoms with E-state index in [0.717, 1.165) is 12.8 Å². The lowest BCUT2D eigenvalue weighted by Crippen LogP contribution is -2.28. The molecule has 0 aromatic carbocycles. The minimum atomic E-state index is -3.50. The van der Waals surface area contributed by atoms with Crippen LogP contribution in [0.2, 0.25) is 0 Å². The second-order valence-electron chi connectivity index (χ2n) is 3.57. The van der Waals surface area contributed by atoms with Gasteiger partial charge < -0.3 is 0 Å². The number of nitrogens with two attached hydrogens (primary N) is 1. The van der Waals surface area contributed by atoms with Crippen molar-refractivity contribution in [3.8, 4) is 0 Å². The first-order valence-corrected chi connectivity index (χ1v) is 6.71. The van der Waals surface area contributed by atoms with Crippen molar-refractivity contribution in [1.82, 2.24) is 14.3 Å². The van der Waals surface area contributed by atoms with Crippen LogP contribution in [0.15, 0.2) is 17.3 Å². The summed E-state index contributed by atoms with van der Waals surface area (Å²) in [5.41, 5.74) is 2.24. The van der Waals surface area contributed by atoms with E-state index in [9.17, 15) is 8.42 Å². The Morgan fingerprint density at radius 1 is 1.41 bits per heavy atom. The molecule has 96 valence electrons. The van der Waals surface area contributed by atoms with Crippen molar-refractivity contribution < 1.29 is 8.42 Å². The minimum Gasteiger partial charge on any atom is -0.292 e. The van der Waals surface area contributed by atoms with E-state index in [0.29, 0.717) is 6.54 Å². The van der Waals surface area contributed by atoms with Gasteiger partial charge in [0.25, 0.3) is 0 Å². The molecule has 0 aliphatic heterocycles. The van der Waals surface area contributed by atoms with Gasteiger partial charge in [0.2, 0.25) is 16.0 Å². The van der Waals surface area contributed by atoms with Crippen molar-refractivity contribution in [3.05, 3.63) is 12.4 Å². The first-order chi connectivity index (χ1) is 8.02. The molecule has 1 rings (SSSR count). The normalized spacial score (nSPS) is 11.8. The van der Waals surface area contributed by atoms with Gasteiger partial charge >= 0.3 is 0 Å². The van der Waals surface area contributed by atoms with E-state index < -0.39 is 10.0 Å². The summed E-state index contributed by atoms with van der Waals surface area (Å²) < 4.78 is 25.4. The molecular weight excluding hydrogens is 242 g/mol. The van der Waals surface area contributed by atoms with E-state index in [-0.39, 0.29) is 10.8 Å². The van der Waals surface area contributed by atoms with Crippen LogP contribution >= 0.6 is 0 Å². The van der Waals surface area contributed by atoms with Gasteiger partial charge in [-0.15, -0.1) is 0 Å². The topological polar surface area (TPSA) is 101 Å². The van der Waals surface area contributed by atoms with Gasteiger partial charge in [-0.25, -0.2) is 28.5 Å². The van der Waals surface area contributed by atoms with Crippen LogP contribution in [0.25, 0.3) is 0 Å². The van der Waals surface area contributed by atoms with E-state index in [1.165, 1.54) is 16.7 Å². The second kappa shape index (κ2) is 5.89. The Morgan fingerprint density at radius 2 is 2.00 bits per heavy atom. The lowest BCUT2D eigenvalue weighted by atomic mass is 10.3. The van der Waals surface area contributed by atoms with Crippen molar-refractivity contribution in [1.29, 1.82) is 0 Å². The number of nitrogens with zero attached hydrogens (tertiary/aromatic N) is 3. The highest BCUT2D eigenvalue weighted by Crippen LogP contribution is 2.13. The molecule has 1 aromatic rings. The van der Waals surface area contributed by atoms with E-state index in [2.05, 4.69) is 15.4 Å². The fraction of sp³-hybridized carbons (Fsp3) is 0.556. The van der Waals surface area contributed by atoms with Crippen molar-refractivity contribution in [2.75, 3.05) is 19.0 Å². The minimum absolute atomic E-state index is 0.0649. The average Bonchev–Trinajstić information content (AvgIpc) is 2.35. The number of nitrogen functional groups attached to an aromatic ring is 1. The smallest absolute Gasteiger partial charge is 0.245 e. The van der Waals surface area contributed by atoms with Crippen molar-refractivity contribution >= 4 is 16.0 Å². The Hall–Kier alpha value is -1.25. The SMILES string of the molecule is CCCCN(C)S(=O)(=O)c1cnc(NN)nc1. The van der Waals surface area contributed by atoms with E-state index in [4.69, 9.17) is 5.84 Å². The van der Waals surface area contributed by atoms with Crippen LogP contribution in [-0.4, -0.2) is 36.3 Å². The third-order valence-electron chi connectivity index (χ3n) is 2.29. The third kappa shape index (κ3) is 3.35. The summed E-state index contributed by atoms with van der Waals surface area (Å²) in [6.45, 7) is 2.49. The molecule has 0 spiro atoms. The predicted octanol–water partition coefficient (Wildman–Crippen LogP) is 0.183. The molecule has 1 heterocycles. The highest BCUT2D eigenvalue weighted by molar-refractivity contribution is 7.89. The second-order valence-corrected chi connectivity index (χ2v) is 5.61. The van der Waals surface area contributed by atoms with Crippen LogP contribution in [0, 0.1) is 0 Å². The van der Waals surface area contributed by atoms with Crippen LogP contribution < -0.4 is 11.3 Å². The Bertz CT molecular complexity index is 445. The Morgan fingerprint density at radius 3 is 2.47 bits per heavy atom. The lowest BCUT2D eigenvalue weighted by Gasteiger charge is -2.16. The molecule has 17 heavy (non-hydrogen) atoms. The maximum absolute atomic E-state index is 12.0. The highest BCUT2D eigenvalue weighted by Gasteiger charge is 2.20. The molecule has 1 aromatic heterocycles. The summed E-state index contributed by atoms with van der Waals surface area (Å²) in [6.07, 6.45) is 4.23. The number of nitrogens with one attached hydrogen (secondary N) is 1. The summed E-state index contributed by atoms with van der Waals surface area (Å²) >= 11 is 0. The number of unbranched alkanes of at least 4 members (excludes halogenated alkanes) is 1. The number of hydrazine groups is 1. The number of aromatic nitrogens is 2. The van der Waals surface area contributed by atoms with Crippen molar-refractivity contribution in [2.45, 2.75) is 24.7 Å². The number of rotatable bonds is 6. The first kappa shape index (κ1) is 13.8. The zero-order chi connectivity index (χ0) is 12.9. The maximum atomic E-state index is 12.0. The van der Waals surface area contributed by atoms with Gasteiger partial charge in [0.05, 0.1) is 12.4 Å². The average molecular weight is 259 g/mol. The summed E-state index contributed by atoms with van der Waals surface area (Å²) in [6, 6.07) is 0. The zero-order valence-corrected chi connectivity index (χ0v) is 10.7. The largest absolute Gasteiger partial charge is 0.292 e. The molecule has 0 amide bonds. The Balaban J connectivity index is 2.88. The molecule has 0 aliphatic rings. The molecule has 0 unspecified atom stereocenters. The lowest BCUT2D eigenvalue weighted by molar-refractivity contribution is 0.459. The number of hydrogen-bond donors (Lipinski definition) is 2. The van der Waals surface area contributed by atoms with Gasteiger partial charge in [-0.2, -0.15) is 0 Å². The maximum Gasteiger partial charge on any atom is 0.245 e. The van der Waals surface area contributed by atoms with Crippen molar-refractivity contribution in [2.24, 2.45) is 5.84 Å². The van der Waals surface area contributed by atoms with Gasteiger partial charge in [-0.1, -0.05) is 13.3 Å². The summed E-state index contributed by atoms with van der Waals surface area (Å²) in [5.74, 6) is 5.28. The standard InChI is InChI=1S/C9H17N5O2S/c1-3-4-5-14(2)17(15,16)8-6-11-9(13-10)12-7-8/h6-7H,3-5,10H2,1-2H3,(H,11,12,13). The monoisotopic (exact) mass is 259 g/mol. The molecule has 0 atom stereocenters. The predicted molar refractivity (Wildman–Crippen MR) is 64.6 cm³/mol. The van der Waals surface area contributed by atoms with Crippen LogP contribution in [0.4, 0.5) is 5.95 Å². The quantitative estimate of drug-likeness (QED) is 0.558. The molecule has 3 N–H and O–H groups in total. The number of hydrogen-bond acceptors (Lipinski definition) is 6. The summed E-state index contributed by atoms with van der Waals surface area (Å²) in [4.78, 5) is 7.61. The van der Waals surface area contributed by atoms with Gasteiger partial charge in [-0.3, -0.25) is 5.43 Å². The van der Waals surface area contributed by atoms with Gasteiger partial charge in [-0.05, 0) is 6.42 Å². The molecular formula is C9H17N5O2S. The Labute approximate surface area is 101 Å². The van der Waals surface area contributed by atoms with E-state index in [1.54, 1.807) is 7.05 Å². The molecule has 7 nitrogen and oxygen atoms in total. The van der Waals surface area contributed by atoms with Crippen LogP contribution in [0.1, 0.15) is 19.8 Å². The summed E-state index contributed by atoms with van der Waals surface area (Å²) in [7, 11) is -1.95. The summed E-state index contributed by atoms with van der Waals surface area (Å²) in [5, 5.41) is 0. The fourth-order valence-electron chi connectivity index (χ4n) is 1.20. The molecule has 0 fully saturated rings.